The first-order chi connectivity index (χ1) is 44.2. The van der Waals surface area contributed by atoms with Crippen LogP contribution in [0.5, 0.6) is 0 Å². The van der Waals surface area contributed by atoms with Crippen LogP contribution in [0.2, 0.25) is 0 Å². The van der Waals surface area contributed by atoms with Gasteiger partial charge in [-0.1, -0.05) is 322 Å². The van der Waals surface area contributed by atoms with Gasteiger partial charge in [0.05, 0.1) is 16.9 Å². The van der Waals surface area contributed by atoms with Crippen LogP contribution in [0.1, 0.15) is 73.5 Å². The Kier molecular flexibility index (Phi) is 12.7. The van der Waals surface area contributed by atoms with Crippen LogP contribution in [0.25, 0.3) is 61.2 Å². The summed E-state index contributed by atoms with van der Waals surface area (Å²) in [5.41, 5.74) is 30.7. The highest BCUT2D eigenvalue weighted by Crippen LogP contribution is 2.69. The summed E-state index contributed by atoms with van der Waals surface area (Å²) in [5, 5.41) is 0. The lowest BCUT2D eigenvalue weighted by Gasteiger charge is -2.49. The molecule has 1 nitrogen and oxygen atoms in total. The molecule has 0 radical (unpaired) electrons. The van der Waals surface area contributed by atoms with Crippen LogP contribution in [-0.2, 0) is 17.3 Å². The van der Waals surface area contributed by atoms with E-state index in [0.29, 0.717) is 0 Å². The Morgan fingerprint density at radius 3 is 1.12 bits per heavy atom. The predicted molar refractivity (Wildman–Crippen MR) is 370 cm³/mol. The second-order valence-electron chi connectivity index (χ2n) is 24.4. The second-order valence-corrected chi connectivity index (χ2v) is 24.4. The summed E-state index contributed by atoms with van der Waals surface area (Å²) in [6, 6.07) is 126. The van der Waals surface area contributed by atoms with Crippen LogP contribution in [0, 0.1) is 0 Å². The summed E-state index contributed by atoms with van der Waals surface area (Å²) < 4.78 is 0. The maximum atomic E-state index is 2.68. The smallest absolute Gasteiger partial charge is 0.0720 e. The fraction of sp³-hybridized carbons (Fsp3) is 0.0682. The Balaban J connectivity index is 0.943. The average Bonchev–Trinajstić information content (AvgIpc) is 1.56. The molecule has 0 aliphatic heterocycles. The fourth-order valence-electron chi connectivity index (χ4n) is 16.2. The monoisotopic (exact) mass is 1130 g/mol. The van der Waals surface area contributed by atoms with Crippen molar-refractivity contribution < 1.29 is 0 Å². The van der Waals surface area contributed by atoms with Crippen LogP contribution in [0.3, 0.4) is 0 Å². The largest absolute Gasteiger partial charge is 0.334 e. The average molecular weight is 1130 g/mol. The normalized spacial score (nSPS) is 15.3. The van der Waals surface area contributed by atoms with E-state index in [9.17, 15) is 0 Å². The summed E-state index contributed by atoms with van der Waals surface area (Å²) in [4.78, 5) is 2.68. The highest BCUT2D eigenvalue weighted by molar-refractivity contribution is 5.98. The molecule has 0 heterocycles. The van der Waals surface area contributed by atoms with Crippen molar-refractivity contribution in [2.75, 3.05) is 4.90 Å². The fourth-order valence-corrected chi connectivity index (χ4v) is 16.2. The molecule has 0 saturated heterocycles. The highest BCUT2D eigenvalue weighted by atomic mass is 15.2. The van der Waals surface area contributed by atoms with Gasteiger partial charge in [-0.05, 0) is 165 Å². The molecule has 420 valence electrons. The van der Waals surface area contributed by atoms with Crippen LogP contribution < -0.4 is 4.90 Å². The summed E-state index contributed by atoms with van der Waals surface area (Å²) in [6.07, 6.45) is 6.67. The number of allylic oxidation sites excluding steroid dienone is 2. The molecule has 0 aromatic heterocycles. The summed E-state index contributed by atoms with van der Waals surface area (Å²) >= 11 is 0. The zero-order valence-electron chi connectivity index (χ0n) is 49.4. The molecule has 89 heavy (non-hydrogen) atoms. The quantitative estimate of drug-likeness (QED) is 0.125. The van der Waals surface area contributed by atoms with Gasteiger partial charge in [-0.2, -0.15) is 0 Å². The molecule has 17 rings (SSSR count). The van der Waals surface area contributed by atoms with E-state index in [4.69, 9.17) is 0 Å². The van der Waals surface area contributed by atoms with Gasteiger partial charge < -0.3 is 4.90 Å². The van der Waals surface area contributed by atoms with Gasteiger partial charge in [-0.3, -0.25) is 0 Å². The Labute approximate surface area is 522 Å². The Morgan fingerprint density at radius 1 is 0.315 bits per heavy atom. The number of fused-ring (bicyclic) bond motifs is 15. The van der Waals surface area contributed by atoms with E-state index in [0.717, 1.165) is 24.2 Å². The van der Waals surface area contributed by atoms with Gasteiger partial charge in [-0.25, -0.2) is 0 Å². The van der Waals surface area contributed by atoms with Crippen molar-refractivity contribution in [3.63, 3.8) is 0 Å². The number of hydrogen-bond acceptors (Lipinski definition) is 1. The maximum Gasteiger partial charge on any atom is 0.0720 e. The minimum absolute atomic E-state index is 0.0226. The Morgan fingerprint density at radius 2 is 0.674 bits per heavy atom. The maximum absolute atomic E-state index is 2.68. The molecule has 1 heteroatoms. The van der Waals surface area contributed by atoms with Gasteiger partial charge in [0, 0.05) is 17.3 Å². The molecule has 0 amide bonds. The third-order valence-corrected chi connectivity index (χ3v) is 20.0. The molecule has 2 atom stereocenters. The van der Waals surface area contributed by atoms with Crippen molar-refractivity contribution in [2.24, 2.45) is 0 Å². The van der Waals surface area contributed by atoms with Crippen molar-refractivity contribution >= 4 is 16.9 Å². The van der Waals surface area contributed by atoms with E-state index in [1.165, 1.54) is 128 Å². The van der Waals surface area contributed by atoms with Gasteiger partial charge in [0.2, 0.25) is 0 Å². The predicted octanol–water partition coefficient (Wildman–Crippen LogP) is 21.7. The van der Waals surface area contributed by atoms with Gasteiger partial charge in [0.1, 0.15) is 0 Å². The molecule has 0 fully saturated rings. The molecule has 0 saturated carbocycles. The van der Waals surface area contributed by atoms with E-state index in [1.54, 1.807) is 0 Å². The Bertz CT molecular complexity index is 4670. The van der Waals surface area contributed by atoms with E-state index >= 15 is 0 Å². The van der Waals surface area contributed by atoms with E-state index in [-0.39, 0.29) is 12.0 Å². The van der Waals surface area contributed by atoms with Crippen molar-refractivity contribution in [3.8, 4) is 55.6 Å². The third kappa shape index (κ3) is 8.30. The van der Waals surface area contributed by atoms with E-state index < -0.39 is 10.8 Å². The molecule has 4 aliphatic rings. The van der Waals surface area contributed by atoms with E-state index in [1.807, 2.05) is 0 Å². The molecule has 4 aliphatic carbocycles. The van der Waals surface area contributed by atoms with Gasteiger partial charge in [-0.15, -0.1) is 0 Å². The first-order valence-corrected chi connectivity index (χ1v) is 31.5. The SMILES string of the molecule is C1=CC2=C(c3c(C(Cc4ccc(-c5ccccc5)cc4)c4ccc(-c5ccccc5)cc4)cccc3C23c2ccccc2C2(c4ccccc4-c4ccccc42)c2ccccc23)C(N(c2ccc(-c3ccccc3)cc2)c2ccc(-c3ccccc3)cc2)C1. The molecule has 2 unspecified atom stereocenters. The number of anilines is 2. The first kappa shape index (κ1) is 52.5. The molecule has 0 N–H and O–H groups in total. The van der Waals surface area contributed by atoms with Crippen molar-refractivity contribution in [1.29, 1.82) is 0 Å². The number of hydrogen-bond donors (Lipinski definition) is 0. The number of rotatable bonds is 11. The lowest BCUT2D eigenvalue weighted by Crippen LogP contribution is -2.44. The Hall–Kier alpha value is -10.9. The van der Waals surface area contributed by atoms with Crippen LogP contribution in [0.4, 0.5) is 11.4 Å². The first-order valence-electron chi connectivity index (χ1n) is 31.5. The minimum atomic E-state index is -0.709. The molecular weight excluding hydrogens is 1070 g/mol. The van der Waals surface area contributed by atoms with Crippen molar-refractivity contribution in [3.05, 3.63) is 413 Å². The molecule has 13 aromatic carbocycles. The summed E-state index contributed by atoms with van der Waals surface area (Å²) in [5.74, 6) is -0.0226. The lowest BCUT2D eigenvalue weighted by atomic mass is 9.52. The van der Waals surface area contributed by atoms with Crippen LogP contribution in [-0.4, -0.2) is 6.04 Å². The zero-order chi connectivity index (χ0) is 58.9. The highest BCUT2D eigenvalue weighted by Gasteiger charge is 2.60. The standard InChI is InChI=1S/C88H63N/c1-5-23-61(24-6-1)65-45-43-60(44-46-65)59-75(69-49-47-66(48-50-69)62-25-7-2-8-26-62)74-33-21-40-82-85(74)86-83(88(82)80-38-19-17-36-78(80)87(79-37-18-20-39-81(79)88)76-34-15-13-31-72(76)73-32-14-16-35-77(73)87)41-22-42-84(86)89(70-55-51-67(52-56-70)63-27-9-3-10-28-63)71-57-53-68(54-58-71)64-29-11-4-12-30-64/h1-41,43-58,75,84H,42,59H2. The van der Waals surface area contributed by atoms with E-state index in [2.05, 4.69) is 351 Å². The summed E-state index contributed by atoms with van der Waals surface area (Å²) in [6.45, 7) is 0. The third-order valence-electron chi connectivity index (χ3n) is 20.0. The lowest BCUT2D eigenvalue weighted by molar-refractivity contribution is 0.626. The molecular formula is C88H63N. The van der Waals surface area contributed by atoms with Gasteiger partial charge >= 0.3 is 0 Å². The minimum Gasteiger partial charge on any atom is -0.334 e. The number of benzene rings is 13. The van der Waals surface area contributed by atoms with Crippen LogP contribution >= 0.6 is 0 Å². The molecule has 13 aromatic rings. The van der Waals surface area contributed by atoms with Crippen LogP contribution in [0.15, 0.2) is 351 Å². The molecule has 2 spiro atoms. The zero-order valence-corrected chi connectivity index (χ0v) is 49.4. The van der Waals surface area contributed by atoms with Crippen molar-refractivity contribution in [2.45, 2.75) is 35.6 Å². The topological polar surface area (TPSA) is 3.24 Å². The second kappa shape index (κ2) is 21.5. The summed E-state index contributed by atoms with van der Waals surface area (Å²) in [7, 11) is 0. The molecule has 0 bridgehead atoms. The van der Waals surface area contributed by atoms with Gasteiger partial charge in [0.15, 0.2) is 0 Å². The van der Waals surface area contributed by atoms with Crippen molar-refractivity contribution in [1.82, 2.24) is 0 Å². The van der Waals surface area contributed by atoms with Gasteiger partial charge in [0.25, 0.3) is 0 Å². The number of nitrogens with zero attached hydrogens (tertiary/aromatic N) is 1.